The Labute approximate surface area is 222 Å². The van der Waals surface area contributed by atoms with Crippen molar-refractivity contribution in [2.75, 3.05) is 6.61 Å². The predicted octanol–water partition coefficient (Wildman–Crippen LogP) is 5.02. The van der Waals surface area contributed by atoms with Gasteiger partial charge in [-0.1, -0.05) is 6.07 Å². The number of carbonyl (C=O) groups is 1. The van der Waals surface area contributed by atoms with Gasteiger partial charge in [-0.25, -0.2) is 0 Å². The molecule has 0 aliphatic heterocycles. The van der Waals surface area contributed by atoms with Crippen LogP contribution in [0.15, 0.2) is 59.5 Å². The molecule has 0 aliphatic carbocycles. The number of carbonyl (C=O) groups excluding carboxylic acids is 1. The lowest BCUT2D eigenvalue weighted by atomic mass is 10.1. The van der Waals surface area contributed by atoms with Crippen LogP contribution in [0.2, 0.25) is 0 Å². The second kappa shape index (κ2) is 11.3. The monoisotopic (exact) mass is 612 g/mol. The van der Waals surface area contributed by atoms with E-state index in [1.807, 2.05) is 12.1 Å². The molecule has 4 rings (SSSR count). The van der Waals surface area contributed by atoms with E-state index in [1.54, 1.807) is 24.5 Å². The smallest absolute Gasteiger partial charge is 0.400 e. The molecule has 0 aliphatic rings. The lowest BCUT2D eigenvalue weighted by Gasteiger charge is -2.16. The summed E-state index contributed by atoms with van der Waals surface area (Å²) in [5.74, 6) is -0.374. The van der Waals surface area contributed by atoms with E-state index in [9.17, 15) is 27.9 Å². The molecule has 0 bridgehead atoms. The second-order valence-electron chi connectivity index (χ2n) is 7.89. The molecule has 1 aromatic carbocycles. The molecule has 0 unspecified atom stereocenters. The Bertz CT molecular complexity index is 1450. The molecule has 0 radical (unpaired) electrons. The SMILES string of the molecule is O=C(NCc1cccnn1)c1cc(OCCCc2cccnc2)c2sc(C(F)(F)P(=O)(O)O)c(Br)c2c1. The number of ether oxygens (including phenoxy) is 1. The fraction of sp³-hybridized carbons (Fsp3) is 0.217. The third-order valence-electron chi connectivity index (χ3n) is 5.24. The number of nitrogens with zero attached hydrogens (tertiary/aromatic N) is 3. The highest BCUT2D eigenvalue weighted by atomic mass is 79.9. The second-order valence-corrected chi connectivity index (χ2v) is 11.4. The molecule has 37 heavy (non-hydrogen) atoms. The van der Waals surface area contributed by atoms with E-state index in [-0.39, 0.29) is 39.0 Å². The first-order valence-electron chi connectivity index (χ1n) is 10.8. The zero-order valence-electron chi connectivity index (χ0n) is 19.0. The molecular formula is C23H20BrF2N4O5PS. The van der Waals surface area contributed by atoms with Gasteiger partial charge in [0.2, 0.25) is 0 Å². The van der Waals surface area contributed by atoms with Gasteiger partial charge in [-0.05, 0) is 64.7 Å². The van der Waals surface area contributed by atoms with Crippen molar-refractivity contribution in [3.63, 3.8) is 0 Å². The first kappa shape index (κ1) is 27.2. The summed E-state index contributed by atoms with van der Waals surface area (Å²) in [4.78, 5) is 34.6. The van der Waals surface area contributed by atoms with E-state index in [1.165, 1.54) is 18.3 Å². The lowest BCUT2D eigenvalue weighted by Crippen LogP contribution is -2.23. The van der Waals surface area contributed by atoms with Crippen molar-refractivity contribution >= 4 is 50.9 Å². The van der Waals surface area contributed by atoms with Crippen molar-refractivity contribution in [1.82, 2.24) is 20.5 Å². The number of aryl methyl sites for hydroxylation is 1. The number of alkyl halides is 2. The van der Waals surface area contributed by atoms with Gasteiger partial charge in [-0.15, -0.1) is 11.3 Å². The minimum absolute atomic E-state index is 0.0817. The molecule has 1 amide bonds. The Balaban J connectivity index is 1.65. The van der Waals surface area contributed by atoms with Crippen LogP contribution in [0.4, 0.5) is 8.78 Å². The molecule has 0 fully saturated rings. The van der Waals surface area contributed by atoms with Crippen LogP contribution in [0.1, 0.15) is 32.9 Å². The van der Waals surface area contributed by atoms with Gasteiger partial charge in [0.05, 0.1) is 23.5 Å². The molecule has 3 N–H and O–H groups in total. The quantitative estimate of drug-likeness (QED) is 0.168. The summed E-state index contributed by atoms with van der Waals surface area (Å²) in [6, 6.07) is 9.86. The molecule has 4 aromatic rings. The maximum absolute atomic E-state index is 14.6. The van der Waals surface area contributed by atoms with Gasteiger partial charge in [0.15, 0.2) is 0 Å². The molecule has 0 saturated carbocycles. The summed E-state index contributed by atoms with van der Waals surface area (Å²) < 4.78 is 46.7. The Hall–Kier alpha value is -2.83. The van der Waals surface area contributed by atoms with E-state index in [4.69, 9.17) is 4.74 Å². The van der Waals surface area contributed by atoms with Gasteiger partial charge in [-0.2, -0.15) is 19.0 Å². The topological polar surface area (TPSA) is 135 Å². The average Bonchev–Trinajstić information content (AvgIpc) is 3.22. The van der Waals surface area contributed by atoms with Crippen molar-refractivity contribution in [1.29, 1.82) is 0 Å². The number of benzene rings is 1. The van der Waals surface area contributed by atoms with Gasteiger partial charge in [0.25, 0.3) is 5.91 Å². The number of pyridine rings is 1. The molecule has 3 heterocycles. The Morgan fingerprint density at radius 3 is 2.68 bits per heavy atom. The zero-order valence-corrected chi connectivity index (χ0v) is 22.3. The van der Waals surface area contributed by atoms with Gasteiger partial charge >= 0.3 is 13.3 Å². The molecule has 3 aromatic heterocycles. The Kier molecular flexibility index (Phi) is 8.29. The van der Waals surface area contributed by atoms with Crippen molar-refractivity contribution < 1.29 is 32.7 Å². The zero-order chi connectivity index (χ0) is 26.6. The molecule has 9 nitrogen and oxygen atoms in total. The van der Waals surface area contributed by atoms with Crippen molar-refractivity contribution in [2.24, 2.45) is 0 Å². The van der Waals surface area contributed by atoms with Gasteiger partial charge in [0.1, 0.15) is 10.6 Å². The number of halogens is 3. The van der Waals surface area contributed by atoms with Crippen LogP contribution in [-0.4, -0.2) is 37.5 Å². The molecule has 194 valence electrons. The average molecular weight is 613 g/mol. The number of hydrogen-bond acceptors (Lipinski definition) is 7. The van der Waals surface area contributed by atoms with Crippen LogP contribution >= 0.6 is 34.9 Å². The highest BCUT2D eigenvalue weighted by Gasteiger charge is 2.53. The lowest BCUT2D eigenvalue weighted by molar-refractivity contribution is 0.0595. The third-order valence-corrected chi connectivity index (χ3v) is 8.73. The summed E-state index contributed by atoms with van der Waals surface area (Å²) in [5, 5.41) is 10.5. The number of rotatable bonds is 10. The van der Waals surface area contributed by atoms with Gasteiger partial charge in [-0.3, -0.25) is 14.3 Å². The van der Waals surface area contributed by atoms with Crippen LogP contribution in [0.3, 0.4) is 0 Å². The van der Waals surface area contributed by atoms with Gasteiger partial charge < -0.3 is 19.8 Å². The van der Waals surface area contributed by atoms with Crippen LogP contribution in [0, 0.1) is 0 Å². The molecular weight excluding hydrogens is 593 g/mol. The summed E-state index contributed by atoms with van der Waals surface area (Å²) in [5.41, 5.74) is -2.80. The highest BCUT2D eigenvalue weighted by Crippen LogP contribution is 2.63. The van der Waals surface area contributed by atoms with E-state index >= 15 is 0 Å². The minimum Gasteiger partial charge on any atom is -0.492 e. The summed E-state index contributed by atoms with van der Waals surface area (Å²) >= 11 is 3.56. The first-order chi connectivity index (χ1) is 17.6. The van der Waals surface area contributed by atoms with Crippen LogP contribution < -0.4 is 10.1 Å². The summed E-state index contributed by atoms with van der Waals surface area (Å²) in [6.07, 6.45) is 6.12. The van der Waals surface area contributed by atoms with E-state index in [0.717, 1.165) is 5.56 Å². The highest BCUT2D eigenvalue weighted by molar-refractivity contribution is 9.10. The maximum atomic E-state index is 14.6. The fourth-order valence-electron chi connectivity index (χ4n) is 3.41. The Morgan fingerprint density at radius 2 is 2.00 bits per heavy atom. The third kappa shape index (κ3) is 6.19. The number of amides is 1. The molecule has 0 spiro atoms. The molecule has 0 atom stereocenters. The molecule has 14 heteroatoms. The Morgan fingerprint density at radius 1 is 1.22 bits per heavy atom. The first-order valence-corrected chi connectivity index (χ1v) is 14.1. The van der Waals surface area contributed by atoms with E-state index in [2.05, 4.69) is 36.4 Å². The predicted molar refractivity (Wildman–Crippen MR) is 137 cm³/mol. The van der Waals surface area contributed by atoms with Crippen molar-refractivity contribution in [3.8, 4) is 5.75 Å². The van der Waals surface area contributed by atoms with Crippen molar-refractivity contribution in [2.45, 2.75) is 25.1 Å². The summed E-state index contributed by atoms with van der Waals surface area (Å²) in [7, 11) is -5.82. The van der Waals surface area contributed by atoms with E-state index in [0.29, 0.717) is 29.9 Å². The number of hydrogen-bond donors (Lipinski definition) is 3. The van der Waals surface area contributed by atoms with Crippen LogP contribution in [-0.2, 0) is 23.2 Å². The van der Waals surface area contributed by atoms with E-state index < -0.39 is 24.0 Å². The standard InChI is InChI=1S/C23H20BrF2N4O5PS/c24-19-17-10-15(22(31)28-13-16-6-2-8-29-30-16)11-18(35-9-3-5-14-4-1-7-27-12-14)20(17)37-21(19)23(25,26)36(32,33)34/h1-2,4,6-8,10-12H,3,5,9,13H2,(H,28,31)(H2,32,33,34). The van der Waals surface area contributed by atoms with Crippen molar-refractivity contribution in [3.05, 3.63) is 81.2 Å². The number of thiophene rings is 1. The fourth-order valence-corrected chi connectivity index (χ4v) is 6.38. The largest absolute Gasteiger partial charge is 0.492 e. The normalized spacial score (nSPS) is 12.0. The number of fused-ring (bicyclic) bond motifs is 1. The molecule has 0 saturated heterocycles. The number of aromatic nitrogens is 3. The van der Waals surface area contributed by atoms with Gasteiger partial charge in [0, 0.05) is 34.0 Å². The van der Waals surface area contributed by atoms with Crippen LogP contribution in [0.5, 0.6) is 5.75 Å². The maximum Gasteiger partial charge on any atom is 0.400 e. The van der Waals surface area contributed by atoms with Crippen LogP contribution in [0.25, 0.3) is 10.1 Å². The summed E-state index contributed by atoms with van der Waals surface area (Å²) in [6.45, 7) is 0.284. The minimum atomic E-state index is -5.82. The number of nitrogens with one attached hydrogen (secondary N) is 1.